The summed E-state index contributed by atoms with van der Waals surface area (Å²) in [6.07, 6.45) is 0. The van der Waals surface area contributed by atoms with Gasteiger partial charge in [-0.1, -0.05) is 41.4 Å². The Kier molecular flexibility index (Phi) is 5.42. The van der Waals surface area contributed by atoms with Crippen LogP contribution >= 0.6 is 34.5 Å². The highest BCUT2D eigenvalue weighted by molar-refractivity contribution is 7.12. The van der Waals surface area contributed by atoms with Crippen molar-refractivity contribution < 1.29 is 19.2 Å². The first-order valence-corrected chi connectivity index (χ1v) is 10.3. The Morgan fingerprint density at radius 3 is 2.17 bits per heavy atom. The van der Waals surface area contributed by atoms with Crippen LogP contribution in [0.25, 0.3) is 0 Å². The van der Waals surface area contributed by atoms with E-state index in [0.717, 1.165) is 5.01 Å². The Morgan fingerprint density at radius 1 is 0.933 bits per heavy atom. The number of benzene rings is 2. The van der Waals surface area contributed by atoms with Crippen LogP contribution in [0.15, 0.2) is 60.0 Å². The lowest BCUT2D eigenvalue weighted by Gasteiger charge is -2.29. The van der Waals surface area contributed by atoms with Crippen LogP contribution in [-0.4, -0.2) is 40.1 Å². The van der Waals surface area contributed by atoms with Crippen LogP contribution in [0.5, 0.6) is 0 Å². The van der Waals surface area contributed by atoms with E-state index in [1.54, 1.807) is 29.6 Å². The van der Waals surface area contributed by atoms with Gasteiger partial charge < -0.3 is 0 Å². The van der Waals surface area contributed by atoms with Crippen molar-refractivity contribution in [3.05, 3.63) is 91.6 Å². The zero-order valence-electron chi connectivity index (χ0n) is 15.2. The van der Waals surface area contributed by atoms with Crippen LogP contribution in [0.3, 0.4) is 0 Å². The number of hydrogen-bond donors (Lipinski definition) is 0. The standard InChI is InChI=1S/C21H12Cl2N2O4S/c22-12-7-8-15(16(23)10-12)19(27)24(11-17(26)18-6-3-9-30-18)25-20(28)13-4-1-2-5-14(13)21(25)29/h1-10H,11H2. The van der Waals surface area contributed by atoms with Crippen molar-refractivity contribution in [1.29, 1.82) is 0 Å². The molecule has 0 saturated heterocycles. The molecule has 0 unspecified atom stereocenters. The number of carbonyl (C=O) groups excluding carboxylic acids is 4. The molecule has 0 radical (unpaired) electrons. The molecule has 1 aliphatic heterocycles. The molecule has 0 fully saturated rings. The van der Waals surface area contributed by atoms with Gasteiger partial charge in [0.05, 0.1) is 26.6 Å². The Balaban J connectivity index is 1.76. The molecule has 150 valence electrons. The molecule has 0 atom stereocenters. The second-order valence-electron chi connectivity index (χ2n) is 6.36. The fraction of sp³-hybridized carbons (Fsp3) is 0.0476. The van der Waals surface area contributed by atoms with Gasteiger partial charge in [0.1, 0.15) is 6.54 Å². The fourth-order valence-electron chi connectivity index (χ4n) is 3.08. The highest BCUT2D eigenvalue weighted by atomic mass is 35.5. The molecular weight excluding hydrogens is 447 g/mol. The van der Waals surface area contributed by atoms with Crippen LogP contribution in [0, 0.1) is 0 Å². The first-order valence-electron chi connectivity index (χ1n) is 8.70. The van der Waals surface area contributed by atoms with Crippen LogP contribution in [-0.2, 0) is 0 Å². The van der Waals surface area contributed by atoms with Gasteiger partial charge in [0, 0.05) is 5.02 Å². The van der Waals surface area contributed by atoms with E-state index in [9.17, 15) is 19.2 Å². The first kappa shape index (κ1) is 20.3. The monoisotopic (exact) mass is 458 g/mol. The molecule has 4 rings (SSSR count). The lowest BCUT2D eigenvalue weighted by atomic mass is 10.1. The minimum Gasteiger partial charge on any atom is -0.291 e. The molecule has 0 N–H and O–H groups in total. The molecule has 1 aromatic heterocycles. The molecule has 9 heteroatoms. The molecule has 2 heterocycles. The van der Waals surface area contributed by atoms with Gasteiger partial charge in [-0.25, -0.2) is 5.01 Å². The van der Waals surface area contributed by atoms with Gasteiger partial charge in [0.2, 0.25) is 0 Å². The van der Waals surface area contributed by atoms with E-state index >= 15 is 0 Å². The number of rotatable bonds is 5. The molecule has 6 nitrogen and oxygen atoms in total. The molecule has 1 aliphatic rings. The third-order valence-electron chi connectivity index (χ3n) is 4.50. The van der Waals surface area contributed by atoms with E-state index in [4.69, 9.17) is 23.2 Å². The summed E-state index contributed by atoms with van der Waals surface area (Å²) in [5, 5.41) is 3.61. The number of hydrazine groups is 1. The summed E-state index contributed by atoms with van der Waals surface area (Å²) in [7, 11) is 0. The van der Waals surface area contributed by atoms with Gasteiger partial charge in [-0.2, -0.15) is 5.01 Å². The van der Waals surface area contributed by atoms with Gasteiger partial charge in [-0.3, -0.25) is 19.2 Å². The summed E-state index contributed by atoms with van der Waals surface area (Å²) in [6.45, 7) is -0.510. The summed E-state index contributed by atoms with van der Waals surface area (Å²) >= 11 is 13.3. The molecule has 0 bridgehead atoms. The lowest BCUT2D eigenvalue weighted by molar-refractivity contribution is 0.00536. The Morgan fingerprint density at radius 2 is 1.60 bits per heavy atom. The number of amides is 3. The van der Waals surface area contributed by atoms with Crippen molar-refractivity contribution in [3.8, 4) is 0 Å². The summed E-state index contributed by atoms with van der Waals surface area (Å²) in [5.74, 6) is -2.56. The summed E-state index contributed by atoms with van der Waals surface area (Å²) < 4.78 is 0. The molecule has 0 spiro atoms. The normalized spacial score (nSPS) is 12.8. The molecule has 0 aliphatic carbocycles. The van der Waals surface area contributed by atoms with Crippen LogP contribution in [0.4, 0.5) is 0 Å². The summed E-state index contributed by atoms with van der Waals surface area (Å²) in [4.78, 5) is 52.3. The second-order valence-corrected chi connectivity index (χ2v) is 8.15. The average Bonchev–Trinajstić information content (AvgIpc) is 3.34. The number of ketones is 1. The average molecular weight is 459 g/mol. The summed E-state index contributed by atoms with van der Waals surface area (Å²) in [5.41, 5.74) is 0.328. The van der Waals surface area contributed by atoms with E-state index < -0.39 is 30.0 Å². The Labute approximate surface area is 185 Å². The highest BCUT2D eigenvalue weighted by Crippen LogP contribution is 2.28. The molecule has 0 saturated carbocycles. The SMILES string of the molecule is O=C(CN(C(=O)c1ccc(Cl)cc1Cl)N1C(=O)c2ccccc2C1=O)c1cccs1. The second kappa shape index (κ2) is 8.02. The predicted molar refractivity (Wildman–Crippen MR) is 113 cm³/mol. The fourth-order valence-corrected chi connectivity index (χ4v) is 4.23. The zero-order chi connectivity index (χ0) is 21.4. The van der Waals surface area contributed by atoms with E-state index in [1.165, 1.54) is 41.7 Å². The van der Waals surface area contributed by atoms with Gasteiger partial charge in [-0.05, 0) is 41.8 Å². The predicted octanol–water partition coefficient (Wildman–Crippen LogP) is 4.59. The number of Topliss-reactive ketones (excluding diaryl/α,β-unsaturated/α-hetero) is 1. The number of thiophene rings is 1. The third kappa shape index (κ3) is 3.52. The molecule has 3 aromatic rings. The van der Waals surface area contributed by atoms with E-state index in [1.807, 2.05) is 0 Å². The quantitative estimate of drug-likeness (QED) is 0.413. The van der Waals surface area contributed by atoms with E-state index in [-0.39, 0.29) is 21.7 Å². The van der Waals surface area contributed by atoms with Crippen molar-refractivity contribution in [1.82, 2.24) is 10.0 Å². The topological polar surface area (TPSA) is 74.8 Å². The Hall–Kier alpha value is -3.00. The maximum Gasteiger partial charge on any atom is 0.280 e. The number of nitrogens with zero attached hydrogens (tertiary/aromatic N) is 2. The molecular formula is C21H12Cl2N2O4S. The van der Waals surface area contributed by atoms with Gasteiger partial charge >= 0.3 is 0 Å². The number of imide groups is 1. The largest absolute Gasteiger partial charge is 0.291 e. The van der Waals surface area contributed by atoms with Crippen LogP contribution in [0.2, 0.25) is 10.0 Å². The Bertz CT molecular complexity index is 1160. The molecule has 3 amide bonds. The van der Waals surface area contributed by atoms with Gasteiger partial charge in [0.15, 0.2) is 5.78 Å². The van der Waals surface area contributed by atoms with Crippen molar-refractivity contribution in [2.24, 2.45) is 0 Å². The first-order chi connectivity index (χ1) is 14.4. The highest BCUT2D eigenvalue weighted by Gasteiger charge is 2.42. The van der Waals surface area contributed by atoms with Crippen molar-refractivity contribution in [2.75, 3.05) is 6.54 Å². The number of halogens is 2. The van der Waals surface area contributed by atoms with Gasteiger partial charge in [-0.15, -0.1) is 11.3 Å². The van der Waals surface area contributed by atoms with Crippen LogP contribution < -0.4 is 0 Å². The minimum absolute atomic E-state index is 0.0107. The lowest BCUT2D eigenvalue weighted by Crippen LogP contribution is -2.51. The van der Waals surface area contributed by atoms with Crippen LogP contribution in [0.1, 0.15) is 40.7 Å². The molecule has 30 heavy (non-hydrogen) atoms. The third-order valence-corrected chi connectivity index (χ3v) is 5.96. The molecule has 2 aromatic carbocycles. The number of carbonyl (C=O) groups is 4. The number of fused-ring (bicyclic) bond motifs is 1. The zero-order valence-corrected chi connectivity index (χ0v) is 17.5. The summed E-state index contributed by atoms with van der Waals surface area (Å²) in [6, 6.07) is 13.7. The van der Waals surface area contributed by atoms with Crippen molar-refractivity contribution >= 4 is 58.0 Å². The smallest absolute Gasteiger partial charge is 0.280 e. The number of hydrogen-bond acceptors (Lipinski definition) is 5. The maximum atomic E-state index is 13.3. The van der Waals surface area contributed by atoms with Crippen molar-refractivity contribution in [2.45, 2.75) is 0 Å². The van der Waals surface area contributed by atoms with Gasteiger partial charge in [0.25, 0.3) is 17.7 Å². The maximum absolute atomic E-state index is 13.3. The van der Waals surface area contributed by atoms with E-state index in [2.05, 4.69) is 0 Å². The van der Waals surface area contributed by atoms with Crippen molar-refractivity contribution in [3.63, 3.8) is 0 Å². The van der Waals surface area contributed by atoms with E-state index in [0.29, 0.717) is 14.9 Å². The minimum atomic E-state index is -0.768.